The summed E-state index contributed by atoms with van der Waals surface area (Å²) in [5.41, 5.74) is 0.666. The van der Waals surface area contributed by atoms with Crippen LogP contribution in [0.1, 0.15) is 29.8 Å². The minimum Gasteiger partial charge on any atom is -0.459 e. The number of anilines is 1. The van der Waals surface area contributed by atoms with Crippen LogP contribution in [0.2, 0.25) is 5.02 Å². The van der Waals surface area contributed by atoms with E-state index in [1.165, 1.54) is 22.7 Å². The molecule has 2 heterocycles. The van der Waals surface area contributed by atoms with Crippen molar-refractivity contribution >= 4 is 39.1 Å². The van der Waals surface area contributed by atoms with E-state index in [0.717, 1.165) is 5.56 Å². The average Bonchev–Trinajstić information content (AvgIpc) is 3.00. The maximum absolute atomic E-state index is 12.7. The number of ether oxygens (including phenoxy) is 1. The number of carbonyl (C=O) groups is 1. The number of fused-ring (bicyclic) bond motifs is 1. The van der Waals surface area contributed by atoms with E-state index in [-0.39, 0.29) is 28.2 Å². The standard InChI is InChI=1S/C16H16ClN5O4S/c1-9(2)26-14(23)11-5-4-6-12(17)13(11)21-27(24,25)16-19-15-18-7-10(3)8-22(15)20-16/h4-9,21H,1-3H3. The van der Waals surface area contributed by atoms with Crippen LogP contribution in [0.25, 0.3) is 5.78 Å². The van der Waals surface area contributed by atoms with Crippen LogP contribution < -0.4 is 4.72 Å². The summed E-state index contributed by atoms with van der Waals surface area (Å²) in [4.78, 5) is 20.2. The highest BCUT2D eigenvalue weighted by Crippen LogP contribution is 2.29. The van der Waals surface area contributed by atoms with Gasteiger partial charge in [-0.25, -0.2) is 14.3 Å². The molecule has 0 amide bonds. The molecule has 9 nitrogen and oxygen atoms in total. The first-order valence-electron chi connectivity index (χ1n) is 7.89. The van der Waals surface area contributed by atoms with Crippen molar-refractivity contribution in [1.29, 1.82) is 0 Å². The molecule has 0 atom stereocenters. The molecule has 1 aromatic carbocycles. The lowest BCUT2D eigenvalue weighted by Gasteiger charge is -2.13. The summed E-state index contributed by atoms with van der Waals surface area (Å²) in [5.74, 6) is -0.579. The number of nitrogens with zero attached hydrogens (tertiary/aromatic N) is 4. The lowest BCUT2D eigenvalue weighted by atomic mass is 10.2. The maximum atomic E-state index is 12.7. The average molecular weight is 410 g/mol. The van der Waals surface area contributed by atoms with E-state index in [0.29, 0.717) is 0 Å². The Kier molecular flexibility index (Phi) is 5.03. The van der Waals surface area contributed by atoms with Crippen LogP contribution in [0.3, 0.4) is 0 Å². The largest absolute Gasteiger partial charge is 0.459 e. The minimum atomic E-state index is -4.22. The molecule has 3 rings (SSSR count). The highest BCUT2D eigenvalue weighted by Gasteiger charge is 2.26. The van der Waals surface area contributed by atoms with Gasteiger partial charge in [0.2, 0.25) is 0 Å². The van der Waals surface area contributed by atoms with E-state index >= 15 is 0 Å². The lowest BCUT2D eigenvalue weighted by Crippen LogP contribution is -2.19. The predicted molar refractivity (Wildman–Crippen MR) is 98.3 cm³/mol. The molecule has 0 aliphatic carbocycles. The second kappa shape index (κ2) is 7.12. The number of halogens is 1. The molecule has 2 aromatic heterocycles. The molecule has 0 aliphatic rings. The van der Waals surface area contributed by atoms with Gasteiger partial charge in [0.1, 0.15) is 0 Å². The summed E-state index contributed by atoms with van der Waals surface area (Å²) in [7, 11) is -4.22. The molecule has 3 aromatic rings. The van der Waals surface area contributed by atoms with Gasteiger partial charge in [0, 0.05) is 12.4 Å². The van der Waals surface area contributed by atoms with Gasteiger partial charge in [-0.1, -0.05) is 17.7 Å². The molecular formula is C16H16ClN5O4S. The van der Waals surface area contributed by atoms with Gasteiger partial charge in [0.15, 0.2) is 0 Å². The number of hydrogen-bond donors (Lipinski definition) is 1. The zero-order valence-electron chi connectivity index (χ0n) is 14.7. The molecule has 1 N–H and O–H groups in total. The summed E-state index contributed by atoms with van der Waals surface area (Å²) in [6.07, 6.45) is 2.76. The molecule has 0 spiro atoms. The SMILES string of the molecule is Cc1cnc2nc(S(=O)(=O)Nc3c(Cl)cccc3C(=O)OC(C)C)nn2c1. The molecule has 0 fully saturated rings. The minimum absolute atomic E-state index is 0.0162. The third-order valence-electron chi connectivity index (χ3n) is 3.36. The fourth-order valence-electron chi connectivity index (χ4n) is 2.23. The topological polar surface area (TPSA) is 116 Å². The molecule has 0 saturated heterocycles. The molecule has 0 aliphatic heterocycles. The Labute approximate surface area is 160 Å². The number of sulfonamides is 1. The predicted octanol–water partition coefficient (Wildman–Crippen LogP) is 2.45. The zero-order chi connectivity index (χ0) is 19.8. The molecule has 0 radical (unpaired) electrons. The second-order valence-corrected chi connectivity index (χ2v) is 7.98. The molecule has 0 saturated carbocycles. The van der Waals surface area contributed by atoms with E-state index in [9.17, 15) is 13.2 Å². The Morgan fingerprint density at radius 2 is 2.07 bits per heavy atom. The summed E-state index contributed by atoms with van der Waals surface area (Å²) in [6, 6.07) is 4.39. The van der Waals surface area contributed by atoms with Crippen molar-refractivity contribution in [3.05, 3.63) is 46.7 Å². The number of aromatic nitrogens is 4. The van der Waals surface area contributed by atoms with Crippen molar-refractivity contribution in [2.24, 2.45) is 0 Å². The van der Waals surface area contributed by atoms with Gasteiger partial charge in [0.05, 0.1) is 22.4 Å². The number of aryl methyl sites for hydroxylation is 1. The molecule has 142 valence electrons. The Bertz CT molecular complexity index is 1130. The smallest absolute Gasteiger partial charge is 0.340 e. The van der Waals surface area contributed by atoms with E-state index in [2.05, 4.69) is 19.8 Å². The Morgan fingerprint density at radius 1 is 1.33 bits per heavy atom. The molecular weight excluding hydrogens is 394 g/mol. The third-order valence-corrected chi connectivity index (χ3v) is 4.80. The fraction of sp³-hybridized carbons (Fsp3) is 0.250. The number of hydrogen-bond acceptors (Lipinski definition) is 7. The van der Waals surface area contributed by atoms with Gasteiger partial charge < -0.3 is 4.74 Å². The van der Waals surface area contributed by atoms with Gasteiger partial charge in [-0.05, 0) is 38.5 Å². The number of benzene rings is 1. The van der Waals surface area contributed by atoms with Gasteiger partial charge in [-0.3, -0.25) is 4.72 Å². The van der Waals surface area contributed by atoms with Crippen LogP contribution in [0.15, 0.2) is 35.7 Å². The van der Waals surface area contributed by atoms with Gasteiger partial charge >= 0.3 is 5.97 Å². The number of para-hydroxylation sites is 1. The van der Waals surface area contributed by atoms with Gasteiger partial charge in [0.25, 0.3) is 21.0 Å². The van der Waals surface area contributed by atoms with Crippen molar-refractivity contribution in [2.45, 2.75) is 32.0 Å². The number of rotatable bonds is 5. The van der Waals surface area contributed by atoms with Crippen molar-refractivity contribution in [3.63, 3.8) is 0 Å². The van der Waals surface area contributed by atoms with Gasteiger partial charge in [-0.15, -0.1) is 5.10 Å². The number of nitrogens with one attached hydrogen (secondary N) is 1. The highest BCUT2D eigenvalue weighted by molar-refractivity contribution is 7.92. The van der Waals surface area contributed by atoms with E-state index in [4.69, 9.17) is 16.3 Å². The zero-order valence-corrected chi connectivity index (χ0v) is 16.2. The van der Waals surface area contributed by atoms with Crippen LogP contribution >= 0.6 is 11.6 Å². The fourth-order valence-corrected chi connectivity index (χ4v) is 3.48. The monoisotopic (exact) mass is 409 g/mol. The maximum Gasteiger partial charge on any atom is 0.340 e. The summed E-state index contributed by atoms with van der Waals surface area (Å²) < 4.78 is 34.1. The van der Waals surface area contributed by atoms with Crippen LogP contribution in [0.5, 0.6) is 0 Å². The Balaban J connectivity index is 2.01. The molecule has 0 unspecified atom stereocenters. The van der Waals surface area contributed by atoms with Crippen molar-refractivity contribution < 1.29 is 17.9 Å². The second-order valence-electron chi connectivity index (χ2n) is 5.99. The van der Waals surface area contributed by atoms with Crippen LogP contribution in [-0.4, -0.2) is 40.1 Å². The van der Waals surface area contributed by atoms with E-state index in [1.807, 2.05) is 0 Å². The summed E-state index contributed by atoms with van der Waals surface area (Å²) in [6.45, 7) is 5.15. The van der Waals surface area contributed by atoms with Crippen LogP contribution in [0.4, 0.5) is 5.69 Å². The van der Waals surface area contributed by atoms with Crippen molar-refractivity contribution in [1.82, 2.24) is 19.6 Å². The molecule has 0 bridgehead atoms. The molecule has 11 heteroatoms. The summed E-state index contributed by atoms with van der Waals surface area (Å²) >= 11 is 6.11. The van der Waals surface area contributed by atoms with Crippen LogP contribution in [0, 0.1) is 6.92 Å². The summed E-state index contributed by atoms with van der Waals surface area (Å²) in [5, 5.41) is 3.47. The number of carbonyl (C=O) groups excluding carboxylic acids is 1. The first kappa shape index (κ1) is 19.1. The van der Waals surface area contributed by atoms with E-state index < -0.39 is 21.1 Å². The highest BCUT2D eigenvalue weighted by atomic mass is 35.5. The Morgan fingerprint density at radius 3 is 2.78 bits per heavy atom. The third kappa shape index (κ3) is 4.01. The van der Waals surface area contributed by atoms with Crippen molar-refractivity contribution in [3.8, 4) is 0 Å². The van der Waals surface area contributed by atoms with E-state index in [1.54, 1.807) is 33.2 Å². The normalized spacial score (nSPS) is 11.7. The number of esters is 1. The molecule has 27 heavy (non-hydrogen) atoms. The quantitative estimate of drug-likeness (QED) is 0.643. The Hall–Kier alpha value is -2.72. The van der Waals surface area contributed by atoms with Crippen LogP contribution in [-0.2, 0) is 14.8 Å². The van der Waals surface area contributed by atoms with Crippen molar-refractivity contribution in [2.75, 3.05) is 4.72 Å². The first-order valence-corrected chi connectivity index (χ1v) is 9.75. The first-order chi connectivity index (χ1) is 12.7. The van der Waals surface area contributed by atoms with Gasteiger partial charge in [-0.2, -0.15) is 13.4 Å². The lowest BCUT2D eigenvalue weighted by molar-refractivity contribution is 0.0379.